The number of likely N-dealkylation sites (tertiary alicyclic amines) is 1. The number of ether oxygens (including phenoxy) is 1. The van der Waals surface area contributed by atoms with Crippen LogP contribution in [0, 0.1) is 5.82 Å². The minimum atomic E-state index is -0.561. The maximum atomic E-state index is 13.2. The molecule has 1 atom stereocenters. The summed E-state index contributed by atoms with van der Waals surface area (Å²) in [5.41, 5.74) is 0.260. The first kappa shape index (κ1) is 13.5. The average molecular weight is 265 g/mol. The first-order valence-corrected chi connectivity index (χ1v) is 6.28. The molecule has 5 heteroatoms. The number of carbonyl (C=O) groups is 2. The van der Waals surface area contributed by atoms with Gasteiger partial charge in [0.2, 0.25) is 0 Å². The average Bonchev–Trinajstić information content (AvgIpc) is 2.45. The standard InChI is InChI=1S/C14H16FNO3/c1-19-14(18)12-7-2-3-8-16(12)13(17)10-5-4-6-11(15)9-10/h4-6,9,12H,2-3,7-8H2,1H3. The molecule has 0 N–H and O–H groups in total. The Kier molecular flexibility index (Phi) is 4.14. The number of nitrogens with zero attached hydrogens (tertiary/aromatic N) is 1. The summed E-state index contributed by atoms with van der Waals surface area (Å²) in [4.78, 5) is 25.5. The Morgan fingerprint density at radius 3 is 2.84 bits per heavy atom. The molecule has 1 aliphatic rings. The molecule has 0 bridgehead atoms. The predicted octanol–water partition coefficient (Wildman–Crippen LogP) is 1.99. The SMILES string of the molecule is COC(=O)C1CCCCN1C(=O)c1cccc(F)c1. The summed E-state index contributed by atoms with van der Waals surface area (Å²) in [6.07, 6.45) is 2.31. The Labute approximate surface area is 111 Å². The normalized spacial score (nSPS) is 19.1. The van der Waals surface area contributed by atoms with Gasteiger partial charge in [0.15, 0.2) is 0 Å². The zero-order chi connectivity index (χ0) is 13.8. The van der Waals surface area contributed by atoms with Gasteiger partial charge in [-0.25, -0.2) is 9.18 Å². The Hall–Kier alpha value is -1.91. The molecule has 0 saturated carbocycles. The molecule has 1 saturated heterocycles. The fraction of sp³-hybridized carbons (Fsp3) is 0.429. The molecule has 4 nitrogen and oxygen atoms in total. The minimum absolute atomic E-state index is 0.260. The van der Waals surface area contributed by atoms with Gasteiger partial charge in [-0.2, -0.15) is 0 Å². The number of halogens is 1. The summed E-state index contributed by atoms with van der Waals surface area (Å²) in [6.45, 7) is 0.495. The molecule has 2 rings (SSSR count). The van der Waals surface area contributed by atoms with Gasteiger partial charge in [0.25, 0.3) is 5.91 Å². The first-order chi connectivity index (χ1) is 9.13. The van der Waals surface area contributed by atoms with E-state index in [-0.39, 0.29) is 11.5 Å². The lowest BCUT2D eigenvalue weighted by Gasteiger charge is -2.33. The van der Waals surface area contributed by atoms with E-state index in [1.54, 1.807) is 6.07 Å². The molecule has 1 aliphatic heterocycles. The molecule has 1 heterocycles. The molecule has 1 aromatic carbocycles. The molecule has 19 heavy (non-hydrogen) atoms. The van der Waals surface area contributed by atoms with Crippen molar-refractivity contribution < 1.29 is 18.7 Å². The van der Waals surface area contributed by atoms with Crippen LogP contribution in [-0.2, 0) is 9.53 Å². The monoisotopic (exact) mass is 265 g/mol. The van der Waals surface area contributed by atoms with Crippen LogP contribution in [-0.4, -0.2) is 36.5 Å². The van der Waals surface area contributed by atoms with Crippen LogP contribution in [0.1, 0.15) is 29.6 Å². The molecule has 1 amide bonds. The van der Waals surface area contributed by atoms with E-state index < -0.39 is 17.8 Å². The van der Waals surface area contributed by atoms with Crippen molar-refractivity contribution in [3.8, 4) is 0 Å². The fourth-order valence-electron chi connectivity index (χ4n) is 2.34. The van der Waals surface area contributed by atoms with Crippen LogP contribution < -0.4 is 0 Å². The van der Waals surface area contributed by atoms with Crippen molar-refractivity contribution in [2.45, 2.75) is 25.3 Å². The van der Waals surface area contributed by atoms with Gasteiger partial charge in [0.05, 0.1) is 7.11 Å². The van der Waals surface area contributed by atoms with Gasteiger partial charge < -0.3 is 9.64 Å². The lowest BCUT2D eigenvalue weighted by atomic mass is 10.0. The van der Waals surface area contributed by atoms with Crippen molar-refractivity contribution in [3.05, 3.63) is 35.6 Å². The van der Waals surface area contributed by atoms with Crippen molar-refractivity contribution in [1.29, 1.82) is 0 Å². The van der Waals surface area contributed by atoms with E-state index in [9.17, 15) is 14.0 Å². The van der Waals surface area contributed by atoms with Crippen LogP contribution >= 0.6 is 0 Å². The number of amides is 1. The van der Waals surface area contributed by atoms with Gasteiger partial charge >= 0.3 is 5.97 Å². The molecule has 0 aliphatic carbocycles. The van der Waals surface area contributed by atoms with Crippen LogP contribution in [0.3, 0.4) is 0 Å². The number of esters is 1. The largest absolute Gasteiger partial charge is 0.467 e. The molecule has 102 valence electrons. The van der Waals surface area contributed by atoms with Crippen molar-refractivity contribution in [3.63, 3.8) is 0 Å². The van der Waals surface area contributed by atoms with Crippen LogP contribution in [0.15, 0.2) is 24.3 Å². The third-order valence-electron chi connectivity index (χ3n) is 3.31. The van der Waals surface area contributed by atoms with E-state index in [0.717, 1.165) is 12.8 Å². The summed E-state index contributed by atoms with van der Waals surface area (Å²) in [6, 6.07) is 4.94. The van der Waals surface area contributed by atoms with Gasteiger partial charge in [0.1, 0.15) is 11.9 Å². The van der Waals surface area contributed by atoms with E-state index in [2.05, 4.69) is 0 Å². The van der Waals surface area contributed by atoms with E-state index in [1.807, 2.05) is 0 Å². The van der Waals surface area contributed by atoms with Crippen molar-refractivity contribution in [2.75, 3.05) is 13.7 Å². The molecule has 1 fully saturated rings. The van der Waals surface area contributed by atoms with Gasteiger partial charge in [-0.05, 0) is 37.5 Å². The van der Waals surface area contributed by atoms with Crippen LogP contribution in [0.25, 0.3) is 0 Å². The van der Waals surface area contributed by atoms with Crippen molar-refractivity contribution in [1.82, 2.24) is 4.90 Å². The second-order valence-corrected chi connectivity index (χ2v) is 4.54. The molecular formula is C14H16FNO3. The second-order valence-electron chi connectivity index (χ2n) is 4.54. The van der Waals surface area contributed by atoms with Crippen LogP contribution in [0.2, 0.25) is 0 Å². The molecule has 1 unspecified atom stereocenters. The van der Waals surface area contributed by atoms with Gasteiger partial charge in [0, 0.05) is 12.1 Å². The number of carbonyl (C=O) groups excluding carboxylic acids is 2. The van der Waals surface area contributed by atoms with Gasteiger partial charge in [-0.15, -0.1) is 0 Å². The van der Waals surface area contributed by atoms with E-state index in [4.69, 9.17) is 4.74 Å². The van der Waals surface area contributed by atoms with Crippen molar-refractivity contribution >= 4 is 11.9 Å². The summed E-state index contributed by atoms with van der Waals surface area (Å²) >= 11 is 0. The number of hydrogen-bond donors (Lipinski definition) is 0. The summed E-state index contributed by atoms with van der Waals surface area (Å²) in [5.74, 6) is -1.20. The summed E-state index contributed by atoms with van der Waals surface area (Å²) in [7, 11) is 1.31. The van der Waals surface area contributed by atoms with E-state index in [0.29, 0.717) is 13.0 Å². The third-order valence-corrected chi connectivity index (χ3v) is 3.31. The quantitative estimate of drug-likeness (QED) is 0.768. The molecule has 1 aromatic rings. The minimum Gasteiger partial charge on any atom is -0.467 e. The smallest absolute Gasteiger partial charge is 0.328 e. The highest BCUT2D eigenvalue weighted by molar-refractivity contribution is 5.96. The molecular weight excluding hydrogens is 249 g/mol. The lowest BCUT2D eigenvalue weighted by Crippen LogP contribution is -2.48. The maximum absolute atomic E-state index is 13.2. The zero-order valence-electron chi connectivity index (χ0n) is 10.8. The number of piperidine rings is 1. The van der Waals surface area contributed by atoms with E-state index >= 15 is 0 Å². The Bertz CT molecular complexity index is 489. The maximum Gasteiger partial charge on any atom is 0.328 e. The topological polar surface area (TPSA) is 46.6 Å². The number of hydrogen-bond acceptors (Lipinski definition) is 3. The summed E-state index contributed by atoms with van der Waals surface area (Å²) in [5, 5.41) is 0. The highest BCUT2D eigenvalue weighted by atomic mass is 19.1. The lowest BCUT2D eigenvalue weighted by molar-refractivity contribution is -0.147. The van der Waals surface area contributed by atoms with E-state index in [1.165, 1.54) is 30.2 Å². The Morgan fingerprint density at radius 1 is 1.37 bits per heavy atom. The van der Waals surface area contributed by atoms with Gasteiger partial charge in [-0.3, -0.25) is 4.79 Å². The first-order valence-electron chi connectivity index (χ1n) is 6.28. The number of rotatable bonds is 2. The Morgan fingerprint density at radius 2 is 2.16 bits per heavy atom. The van der Waals surface area contributed by atoms with Crippen LogP contribution in [0.4, 0.5) is 4.39 Å². The second kappa shape index (κ2) is 5.82. The van der Waals surface area contributed by atoms with Crippen molar-refractivity contribution in [2.24, 2.45) is 0 Å². The number of benzene rings is 1. The molecule has 0 spiro atoms. The summed E-state index contributed by atoms with van der Waals surface area (Å²) < 4.78 is 17.9. The predicted molar refractivity (Wildman–Crippen MR) is 67.1 cm³/mol. The molecule has 0 aromatic heterocycles. The highest BCUT2D eigenvalue weighted by Crippen LogP contribution is 2.21. The molecule has 0 radical (unpaired) electrons. The zero-order valence-corrected chi connectivity index (χ0v) is 10.8. The highest BCUT2D eigenvalue weighted by Gasteiger charge is 2.33. The van der Waals surface area contributed by atoms with Crippen LogP contribution in [0.5, 0.6) is 0 Å². The number of methoxy groups -OCH3 is 1. The fourth-order valence-corrected chi connectivity index (χ4v) is 2.34. The third kappa shape index (κ3) is 2.92. The van der Waals surface area contributed by atoms with Gasteiger partial charge in [-0.1, -0.05) is 6.07 Å². The Balaban J connectivity index is 2.22.